The molecule has 0 spiro atoms. The van der Waals surface area contributed by atoms with Crippen LogP contribution in [0.3, 0.4) is 0 Å². The van der Waals surface area contributed by atoms with E-state index < -0.39 is 11.2 Å². The van der Waals surface area contributed by atoms with E-state index in [1.165, 1.54) is 16.7 Å². The third-order valence-electron chi connectivity index (χ3n) is 5.32. The van der Waals surface area contributed by atoms with E-state index in [0.29, 0.717) is 0 Å². The van der Waals surface area contributed by atoms with Gasteiger partial charge in [-0.3, -0.25) is 18.5 Å². The number of hydrogen-bond acceptors (Lipinski definition) is 5. The van der Waals surface area contributed by atoms with Gasteiger partial charge >= 0.3 is 5.69 Å². The zero-order chi connectivity index (χ0) is 20.5. The van der Waals surface area contributed by atoms with E-state index >= 15 is 0 Å². The number of aliphatic hydroxyl groups is 1. The smallest absolute Gasteiger partial charge is 0.332 e. The number of imidazole rings is 1. The lowest BCUT2D eigenvalue weighted by atomic mass is 9.96. The van der Waals surface area contributed by atoms with Gasteiger partial charge < -0.3 is 9.84 Å². The molecule has 0 aliphatic heterocycles. The van der Waals surface area contributed by atoms with E-state index in [4.69, 9.17) is 9.84 Å². The van der Waals surface area contributed by atoms with Gasteiger partial charge in [-0.25, -0.2) is 9.18 Å². The van der Waals surface area contributed by atoms with E-state index in [1.54, 1.807) is 23.7 Å². The van der Waals surface area contributed by atoms with Gasteiger partial charge in [0.15, 0.2) is 11.2 Å². The van der Waals surface area contributed by atoms with Crippen LogP contribution in [-0.4, -0.2) is 36.5 Å². The fourth-order valence-electron chi connectivity index (χ4n) is 3.42. The lowest BCUT2D eigenvalue weighted by Gasteiger charge is -2.25. The Labute approximate surface area is 165 Å². The van der Waals surface area contributed by atoms with Crippen LogP contribution >= 0.6 is 0 Å². The third-order valence-corrected chi connectivity index (χ3v) is 5.32. The van der Waals surface area contributed by atoms with Crippen molar-refractivity contribution in [3.8, 4) is 6.01 Å². The Morgan fingerprint density at radius 1 is 1.21 bits per heavy atom. The van der Waals surface area contributed by atoms with Crippen molar-refractivity contribution in [2.24, 2.45) is 7.05 Å². The lowest BCUT2D eigenvalue weighted by molar-refractivity contribution is 0.104. The second-order valence-corrected chi connectivity index (χ2v) is 7.33. The monoisotopic (exact) mass is 402 g/mol. The molecule has 8 nitrogen and oxygen atoms in total. The van der Waals surface area contributed by atoms with Crippen LogP contribution in [0.25, 0.3) is 11.2 Å². The highest BCUT2D eigenvalue weighted by atomic mass is 19.1. The standard InChI is InChI=1S/C20H23FN4O4/c1-23-17-16(18(27)24(20(23)28)10-3-11-26)25(12-13-6-8-14(21)9-7-13)19(22-17)29-15-4-2-5-15/h6-9,15,26H,2-5,10-12H2,1H3. The summed E-state index contributed by atoms with van der Waals surface area (Å²) < 4.78 is 23.4. The van der Waals surface area contributed by atoms with Gasteiger partial charge in [0.25, 0.3) is 11.6 Å². The Kier molecular flexibility index (Phi) is 5.23. The number of aryl methyl sites for hydroxylation is 1. The Morgan fingerprint density at radius 3 is 2.55 bits per heavy atom. The first-order valence-electron chi connectivity index (χ1n) is 9.71. The molecular weight excluding hydrogens is 379 g/mol. The largest absolute Gasteiger partial charge is 0.461 e. The van der Waals surface area contributed by atoms with Crippen LogP contribution in [0.2, 0.25) is 0 Å². The van der Waals surface area contributed by atoms with Crippen molar-refractivity contribution in [1.29, 1.82) is 0 Å². The van der Waals surface area contributed by atoms with Crippen LogP contribution in [-0.2, 0) is 20.1 Å². The van der Waals surface area contributed by atoms with Gasteiger partial charge in [-0.05, 0) is 43.4 Å². The van der Waals surface area contributed by atoms with Crippen molar-refractivity contribution in [3.05, 3.63) is 56.5 Å². The minimum absolute atomic E-state index is 0.0347. The molecule has 0 radical (unpaired) electrons. The Balaban J connectivity index is 1.89. The Bertz CT molecular complexity index is 1140. The molecule has 29 heavy (non-hydrogen) atoms. The second kappa shape index (κ2) is 7.82. The van der Waals surface area contributed by atoms with E-state index in [2.05, 4.69) is 4.98 Å². The summed E-state index contributed by atoms with van der Waals surface area (Å²) in [6.07, 6.45) is 3.24. The van der Waals surface area contributed by atoms with E-state index in [-0.39, 0.29) is 55.2 Å². The van der Waals surface area contributed by atoms with E-state index in [0.717, 1.165) is 29.4 Å². The van der Waals surface area contributed by atoms with Crippen LogP contribution in [0, 0.1) is 5.82 Å². The summed E-state index contributed by atoms with van der Waals surface area (Å²) in [4.78, 5) is 30.2. The van der Waals surface area contributed by atoms with Crippen molar-refractivity contribution in [3.63, 3.8) is 0 Å². The van der Waals surface area contributed by atoms with Gasteiger partial charge in [0.1, 0.15) is 11.9 Å². The zero-order valence-electron chi connectivity index (χ0n) is 16.2. The van der Waals surface area contributed by atoms with Crippen LogP contribution in [0.4, 0.5) is 4.39 Å². The summed E-state index contributed by atoms with van der Waals surface area (Å²) in [7, 11) is 1.56. The zero-order valence-corrected chi connectivity index (χ0v) is 16.2. The quantitative estimate of drug-likeness (QED) is 0.645. The van der Waals surface area contributed by atoms with Crippen LogP contribution in [0.15, 0.2) is 33.9 Å². The summed E-state index contributed by atoms with van der Waals surface area (Å²) in [6, 6.07) is 6.27. The Morgan fingerprint density at radius 2 is 1.93 bits per heavy atom. The van der Waals surface area contributed by atoms with Crippen molar-refractivity contribution in [1.82, 2.24) is 18.7 Å². The van der Waals surface area contributed by atoms with Gasteiger partial charge in [0, 0.05) is 20.2 Å². The summed E-state index contributed by atoms with van der Waals surface area (Å²) >= 11 is 0. The summed E-state index contributed by atoms with van der Waals surface area (Å²) in [5.74, 6) is -0.344. The summed E-state index contributed by atoms with van der Waals surface area (Å²) in [5, 5.41) is 9.11. The number of ether oxygens (including phenoxy) is 1. The average Bonchev–Trinajstić information content (AvgIpc) is 3.03. The molecule has 9 heteroatoms. The molecule has 1 aliphatic rings. The maximum absolute atomic E-state index is 13.3. The average molecular weight is 402 g/mol. The molecule has 0 unspecified atom stereocenters. The maximum atomic E-state index is 13.3. The third kappa shape index (κ3) is 3.57. The summed E-state index contributed by atoms with van der Waals surface area (Å²) in [6.45, 7) is 0.239. The van der Waals surface area contributed by atoms with Crippen molar-refractivity contribution in [2.75, 3.05) is 6.61 Å². The fraction of sp³-hybridized carbons (Fsp3) is 0.450. The highest BCUT2D eigenvalue weighted by molar-refractivity contribution is 5.72. The number of nitrogens with zero attached hydrogens (tertiary/aromatic N) is 4. The first-order chi connectivity index (χ1) is 14.0. The first-order valence-corrected chi connectivity index (χ1v) is 9.71. The number of rotatable bonds is 7. The van der Waals surface area contributed by atoms with Crippen molar-refractivity contribution >= 4 is 11.2 Å². The molecule has 0 amide bonds. The maximum Gasteiger partial charge on any atom is 0.332 e. The van der Waals surface area contributed by atoms with Crippen molar-refractivity contribution in [2.45, 2.75) is 44.9 Å². The minimum Gasteiger partial charge on any atom is -0.461 e. The predicted octanol–water partition coefficient (Wildman–Crippen LogP) is 1.40. The molecular formula is C20H23FN4O4. The molecule has 4 rings (SSSR count). The van der Waals surface area contributed by atoms with E-state index in [9.17, 15) is 14.0 Å². The van der Waals surface area contributed by atoms with Crippen LogP contribution in [0.5, 0.6) is 6.01 Å². The normalized spacial score (nSPS) is 14.3. The number of hydrogen-bond donors (Lipinski definition) is 1. The molecule has 2 heterocycles. The number of halogens is 1. The van der Waals surface area contributed by atoms with Gasteiger partial charge in [0.05, 0.1) is 6.54 Å². The minimum atomic E-state index is -0.488. The van der Waals surface area contributed by atoms with Crippen molar-refractivity contribution < 1.29 is 14.2 Å². The van der Waals surface area contributed by atoms with Gasteiger partial charge in [-0.1, -0.05) is 12.1 Å². The van der Waals surface area contributed by atoms with Crippen LogP contribution in [0.1, 0.15) is 31.2 Å². The molecule has 3 aromatic rings. The molecule has 1 aromatic carbocycles. The molecule has 1 saturated carbocycles. The first kappa shape index (κ1) is 19.4. The van der Waals surface area contributed by atoms with Gasteiger partial charge in [0.2, 0.25) is 0 Å². The van der Waals surface area contributed by atoms with Gasteiger partial charge in [-0.2, -0.15) is 4.98 Å². The fourth-order valence-corrected chi connectivity index (χ4v) is 3.42. The highest BCUT2D eigenvalue weighted by Gasteiger charge is 2.26. The summed E-state index contributed by atoms with van der Waals surface area (Å²) in [5.41, 5.74) is 0.312. The number of fused-ring (bicyclic) bond motifs is 1. The Hall–Kier alpha value is -2.94. The molecule has 0 atom stereocenters. The molecule has 0 bridgehead atoms. The number of aliphatic hydroxyl groups excluding tert-OH is 1. The number of benzene rings is 1. The number of aromatic nitrogens is 4. The topological polar surface area (TPSA) is 91.3 Å². The van der Waals surface area contributed by atoms with Crippen LogP contribution < -0.4 is 16.0 Å². The molecule has 2 aromatic heterocycles. The SMILES string of the molecule is Cn1c(=O)n(CCCO)c(=O)c2c1nc(OC1CCC1)n2Cc1ccc(F)cc1. The molecule has 1 fully saturated rings. The molecule has 154 valence electrons. The van der Waals surface area contributed by atoms with Gasteiger partial charge in [-0.15, -0.1) is 0 Å². The molecule has 1 aliphatic carbocycles. The molecule has 0 saturated heterocycles. The lowest BCUT2D eigenvalue weighted by Crippen LogP contribution is -2.40. The highest BCUT2D eigenvalue weighted by Crippen LogP contribution is 2.27. The van der Waals surface area contributed by atoms with E-state index in [1.807, 2.05) is 0 Å². The molecule has 1 N–H and O–H groups in total. The second-order valence-electron chi connectivity index (χ2n) is 7.33. The predicted molar refractivity (Wildman–Crippen MR) is 105 cm³/mol.